The first-order valence-electron chi connectivity index (χ1n) is 6.27. The van der Waals surface area contributed by atoms with E-state index in [4.69, 9.17) is 10.5 Å². The molecule has 0 fully saturated rings. The molecule has 1 heterocycles. The number of nitrogens with one attached hydrogen (secondary N) is 1. The maximum absolute atomic E-state index is 12.3. The van der Waals surface area contributed by atoms with Crippen LogP contribution in [0.4, 0.5) is 5.69 Å². The number of pyridine rings is 1. The van der Waals surface area contributed by atoms with Crippen molar-refractivity contribution in [2.45, 2.75) is 18.4 Å². The fraction of sp³-hybridized carbons (Fsp3) is 0.214. The number of rotatable bonds is 5. The minimum atomic E-state index is -3.67. The van der Waals surface area contributed by atoms with Crippen LogP contribution in [-0.2, 0) is 16.6 Å². The quantitative estimate of drug-likeness (QED) is 0.816. The van der Waals surface area contributed by atoms with E-state index in [-0.39, 0.29) is 17.1 Å². The summed E-state index contributed by atoms with van der Waals surface area (Å²) in [4.78, 5) is 4.14. The number of methoxy groups -OCH3 is 1. The Labute approximate surface area is 124 Å². The molecule has 21 heavy (non-hydrogen) atoms. The first kappa shape index (κ1) is 15.3. The Morgan fingerprint density at radius 2 is 2.05 bits per heavy atom. The van der Waals surface area contributed by atoms with Crippen molar-refractivity contribution < 1.29 is 13.2 Å². The molecule has 0 radical (unpaired) electrons. The summed E-state index contributed by atoms with van der Waals surface area (Å²) in [7, 11) is -2.15. The lowest BCUT2D eigenvalue weighted by Crippen LogP contribution is -2.25. The zero-order valence-electron chi connectivity index (χ0n) is 11.8. The fourth-order valence-electron chi connectivity index (χ4n) is 1.93. The SMILES string of the molecule is COc1ccc(CNS(=O)(=O)c2c(C)cccc2N)cn1. The van der Waals surface area contributed by atoms with E-state index < -0.39 is 10.0 Å². The molecule has 0 bridgehead atoms. The Balaban J connectivity index is 2.18. The minimum Gasteiger partial charge on any atom is -0.481 e. The highest BCUT2D eigenvalue weighted by Gasteiger charge is 2.19. The second kappa shape index (κ2) is 6.11. The molecule has 2 aromatic rings. The Hall–Kier alpha value is -2.12. The average molecular weight is 307 g/mol. The standard InChI is InChI=1S/C14H17N3O3S/c1-10-4-3-5-12(15)14(10)21(18,19)17-9-11-6-7-13(20-2)16-8-11/h3-8,17H,9,15H2,1-2H3. The first-order valence-corrected chi connectivity index (χ1v) is 7.76. The zero-order valence-corrected chi connectivity index (χ0v) is 12.6. The molecule has 3 N–H and O–H groups in total. The molecule has 112 valence electrons. The lowest BCUT2D eigenvalue weighted by atomic mass is 10.2. The number of sulfonamides is 1. The van der Waals surface area contributed by atoms with Gasteiger partial charge in [0.15, 0.2) is 0 Å². The van der Waals surface area contributed by atoms with E-state index in [0.29, 0.717) is 11.4 Å². The molecular formula is C14H17N3O3S. The van der Waals surface area contributed by atoms with E-state index in [0.717, 1.165) is 5.56 Å². The lowest BCUT2D eigenvalue weighted by molar-refractivity contribution is 0.397. The number of hydrogen-bond acceptors (Lipinski definition) is 5. The van der Waals surface area contributed by atoms with Crippen molar-refractivity contribution in [1.29, 1.82) is 0 Å². The molecule has 0 unspecified atom stereocenters. The van der Waals surface area contributed by atoms with Gasteiger partial charge in [0.1, 0.15) is 4.90 Å². The van der Waals surface area contributed by atoms with Gasteiger partial charge in [0.2, 0.25) is 15.9 Å². The predicted octanol–water partition coefficient (Wildman–Crippen LogP) is 1.46. The van der Waals surface area contributed by atoms with E-state index in [9.17, 15) is 8.42 Å². The van der Waals surface area contributed by atoms with Crippen molar-refractivity contribution >= 4 is 15.7 Å². The molecule has 7 heteroatoms. The number of nitrogens with zero attached hydrogens (tertiary/aromatic N) is 1. The summed E-state index contributed by atoms with van der Waals surface area (Å²) < 4.78 is 32.1. The molecule has 1 aromatic heterocycles. The van der Waals surface area contributed by atoms with Gasteiger partial charge in [-0.1, -0.05) is 18.2 Å². The van der Waals surface area contributed by atoms with Gasteiger partial charge in [0.05, 0.1) is 12.8 Å². The maximum atomic E-state index is 12.3. The number of anilines is 1. The van der Waals surface area contributed by atoms with E-state index in [2.05, 4.69) is 9.71 Å². The summed E-state index contributed by atoms with van der Waals surface area (Å²) in [6.07, 6.45) is 1.56. The number of aryl methyl sites for hydroxylation is 1. The normalized spacial score (nSPS) is 11.3. The third-order valence-corrected chi connectivity index (χ3v) is 4.60. The van der Waals surface area contributed by atoms with Gasteiger partial charge in [-0.25, -0.2) is 18.1 Å². The van der Waals surface area contributed by atoms with Gasteiger partial charge in [0, 0.05) is 18.8 Å². The highest BCUT2D eigenvalue weighted by Crippen LogP contribution is 2.22. The zero-order chi connectivity index (χ0) is 15.5. The summed E-state index contributed by atoms with van der Waals surface area (Å²) in [5.41, 5.74) is 7.33. The Morgan fingerprint density at radius 1 is 1.29 bits per heavy atom. The topological polar surface area (TPSA) is 94.3 Å². The van der Waals surface area contributed by atoms with Gasteiger partial charge in [-0.3, -0.25) is 0 Å². The molecular weight excluding hydrogens is 290 g/mol. The summed E-state index contributed by atoms with van der Waals surface area (Å²) in [6.45, 7) is 1.84. The second-order valence-corrected chi connectivity index (χ2v) is 6.23. The van der Waals surface area contributed by atoms with Crippen LogP contribution in [0.2, 0.25) is 0 Å². The van der Waals surface area contributed by atoms with Crippen LogP contribution in [0.15, 0.2) is 41.4 Å². The van der Waals surface area contributed by atoms with E-state index in [1.54, 1.807) is 43.5 Å². The van der Waals surface area contributed by atoms with E-state index in [1.165, 1.54) is 7.11 Å². The summed E-state index contributed by atoms with van der Waals surface area (Å²) >= 11 is 0. The summed E-state index contributed by atoms with van der Waals surface area (Å²) in [5.74, 6) is 0.477. The molecule has 0 saturated heterocycles. The number of nitrogens with two attached hydrogens (primary N) is 1. The second-order valence-electron chi connectivity index (χ2n) is 4.53. The Morgan fingerprint density at radius 3 is 2.62 bits per heavy atom. The van der Waals surface area contributed by atoms with Crippen molar-refractivity contribution in [3.05, 3.63) is 47.7 Å². The van der Waals surface area contributed by atoms with Crippen LogP contribution < -0.4 is 15.2 Å². The van der Waals surface area contributed by atoms with Crippen LogP contribution in [0.25, 0.3) is 0 Å². The van der Waals surface area contributed by atoms with Crippen LogP contribution in [0.1, 0.15) is 11.1 Å². The van der Waals surface area contributed by atoms with Gasteiger partial charge in [-0.2, -0.15) is 0 Å². The summed E-state index contributed by atoms with van der Waals surface area (Å²) in [6, 6.07) is 8.41. The fourth-order valence-corrected chi connectivity index (χ4v) is 3.30. The minimum absolute atomic E-state index is 0.117. The van der Waals surface area contributed by atoms with E-state index >= 15 is 0 Å². The highest BCUT2D eigenvalue weighted by molar-refractivity contribution is 7.89. The van der Waals surface area contributed by atoms with Gasteiger partial charge < -0.3 is 10.5 Å². The smallest absolute Gasteiger partial charge is 0.243 e. The molecule has 0 spiro atoms. The summed E-state index contributed by atoms with van der Waals surface area (Å²) in [5, 5.41) is 0. The first-order chi connectivity index (χ1) is 9.94. The van der Waals surface area contributed by atoms with Gasteiger partial charge in [-0.15, -0.1) is 0 Å². The molecule has 0 atom stereocenters. The molecule has 0 aliphatic rings. The molecule has 6 nitrogen and oxygen atoms in total. The van der Waals surface area contributed by atoms with Crippen molar-refractivity contribution in [3.63, 3.8) is 0 Å². The van der Waals surface area contributed by atoms with Crippen molar-refractivity contribution in [2.24, 2.45) is 0 Å². The van der Waals surface area contributed by atoms with Crippen LogP contribution in [0.5, 0.6) is 5.88 Å². The Kier molecular flexibility index (Phi) is 4.44. The van der Waals surface area contributed by atoms with Crippen molar-refractivity contribution in [3.8, 4) is 5.88 Å². The number of aromatic nitrogens is 1. The number of hydrogen-bond donors (Lipinski definition) is 2. The van der Waals surface area contributed by atoms with Crippen LogP contribution in [0, 0.1) is 6.92 Å². The molecule has 0 saturated carbocycles. The molecule has 0 aliphatic carbocycles. The number of benzene rings is 1. The lowest BCUT2D eigenvalue weighted by Gasteiger charge is -2.11. The van der Waals surface area contributed by atoms with Gasteiger partial charge in [-0.05, 0) is 24.1 Å². The third-order valence-electron chi connectivity index (χ3n) is 2.98. The molecule has 0 aliphatic heterocycles. The maximum Gasteiger partial charge on any atom is 0.243 e. The predicted molar refractivity (Wildman–Crippen MR) is 80.4 cm³/mol. The van der Waals surface area contributed by atoms with E-state index in [1.807, 2.05) is 0 Å². The van der Waals surface area contributed by atoms with Crippen LogP contribution in [-0.4, -0.2) is 20.5 Å². The largest absolute Gasteiger partial charge is 0.481 e. The van der Waals surface area contributed by atoms with Crippen LogP contribution in [0.3, 0.4) is 0 Å². The van der Waals surface area contributed by atoms with Gasteiger partial charge >= 0.3 is 0 Å². The Bertz CT molecular complexity index is 707. The number of nitrogen functional groups attached to an aromatic ring is 1. The van der Waals surface area contributed by atoms with Crippen molar-refractivity contribution in [1.82, 2.24) is 9.71 Å². The van der Waals surface area contributed by atoms with Gasteiger partial charge in [0.25, 0.3) is 0 Å². The van der Waals surface area contributed by atoms with Crippen molar-refractivity contribution in [2.75, 3.05) is 12.8 Å². The molecule has 1 aromatic carbocycles. The third kappa shape index (κ3) is 3.50. The molecule has 0 amide bonds. The van der Waals surface area contributed by atoms with Crippen LogP contribution >= 0.6 is 0 Å². The average Bonchev–Trinajstić information content (AvgIpc) is 2.45. The monoisotopic (exact) mass is 307 g/mol. The molecule has 2 rings (SSSR count). The highest BCUT2D eigenvalue weighted by atomic mass is 32.2. The number of ether oxygens (including phenoxy) is 1.